The lowest BCUT2D eigenvalue weighted by atomic mass is 10.1. The zero-order valence-corrected chi connectivity index (χ0v) is 14.4. The molecule has 2 fully saturated rings. The number of hydrogen-bond acceptors (Lipinski definition) is 4. The van der Waals surface area contributed by atoms with Crippen molar-refractivity contribution in [3.05, 3.63) is 29.8 Å². The van der Waals surface area contributed by atoms with Gasteiger partial charge in [-0.25, -0.2) is 4.79 Å². The van der Waals surface area contributed by atoms with E-state index in [-0.39, 0.29) is 18.9 Å². The van der Waals surface area contributed by atoms with Gasteiger partial charge in [-0.1, -0.05) is 12.1 Å². The maximum Gasteiger partial charge on any atom is 0.328 e. The van der Waals surface area contributed by atoms with Gasteiger partial charge in [0.25, 0.3) is 0 Å². The highest BCUT2D eigenvalue weighted by Crippen LogP contribution is 2.25. The molecule has 136 valence electrons. The molecule has 0 unspecified atom stereocenters. The second-order valence-electron chi connectivity index (χ2n) is 6.69. The highest BCUT2D eigenvalue weighted by Gasteiger charge is 2.32. The molecule has 1 aromatic carbocycles. The van der Waals surface area contributed by atoms with E-state index in [1.54, 1.807) is 0 Å². The van der Waals surface area contributed by atoms with Gasteiger partial charge in [0.1, 0.15) is 5.75 Å². The molecule has 1 heterocycles. The fraction of sp³-hybridized carbons (Fsp3) is 0.579. The van der Waals surface area contributed by atoms with Crippen LogP contribution in [0, 0.1) is 0 Å². The van der Waals surface area contributed by atoms with Crippen molar-refractivity contribution in [1.29, 1.82) is 0 Å². The van der Waals surface area contributed by atoms with Gasteiger partial charge in [-0.15, -0.1) is 0 Å². The van der Waals surface area contributed by atoms with Gasteiger partial charge >= 0.3 is 5.97 Å². The van der Waals surface area contributed by atoms with Gasteiger partial charge in [-0.05, 0) is 49.8 Å². The fourth-order valence-corrected chi connectivity index (χ4v) is 3.47. The quantitative estimate of drug-likeness (QED) is 0.854. The summed E-state index contributed by atoms with van der Waals surface area (Å²) in [6, 6.07) is 6.98. The number of morpholine rings is 1. The van der Waals surface area contributed by atoms with Crippen molar-refractivity contribution in [2.45, 2.75) is 50.7 Å². The number of carboxylic acid groups (broad SMARTS) is 1. The Balaban J connectivity index is 1.55. The summed E-state index contributed by atoms with van der Waals surface area (Å²) >= 11 is 0. The maximum absolute atomic E-state index is 12.4. The first-order valence-corrected chi connectivity index (χ1v) is 8.99. The molecule has 0 spiro atoms. The number of carbonyl (C=O) groups is 2. The van der Waals surface area contributed by atoms with Crippen molar-refractivity contribution in [3.8, 4) is 5.75 Å². The van der Waals surface area contributed by atoms with E-state index < -0.39 is 12.0 Å². The predicted molar refractivity (Wildman–Crippen MR) is 91.6 cm³/mol. The molecular formula is C19H25NO5. The molecule has 1 aromatic rings. The number of benzene rings is 1. The van der Waals surface area contributed by atoms with Crippen molar-refractivity contribution in [1.82, 2.24) is 4.90 Å². The van der Waals surface area contributed by atoms with Crippen LogP contribution in [0.3, 0.4) is 0 Å². The van der Waals surface area contributed by atoms with Gasteiger partial charge in [0.2, 0.25) is 5.91 Å². The average Bonchev–Trinajstić information content (AvgIpc) is 3.13. The zero-order chi connectivity index (χ0) is 17.6. The third-order valence-corrected chi connectivity index (χ3v) is 4.86. The normalized spacial score (nSPS) is 21.3. The summed E-state index contributed by atoms with van der Waals surface area (Å²) in [4.78, 5) is 25.1. The lowest BCUT2D eigenvalue weighted by Crippen LogP contribution is -2.52. The minimum absolute atomic E-state index is 0.0613. The van der Waals surface area contributed by atoms with E-state index in [0.717, 1.165) is 24.2 Å². The molecule has 2 aliphatic rings. The Hall–Kier alpha value is -2.08. The third kappa shape index (κ3) is 4.72. The fourth-order valence-electron chi connectivity index (χ4n) is 3.47. The Morgan fingerprint density at radius 2 is 2.08 bits per heavy atom. The zero-order valence-electron chi connectivity index (χ0n) is 14.4. The number of aliphatic carboxylic acids is 1. The van der Waals surface area contributed by atoms with E-state index in [0.29, 0.717) is 25.7 Å². The topological polar surface area (TPSA) is 76.1 Å². The van der Waals surface area contributed by atoms with Crippen LogP contribution < -0.4 is 4.74 Å². The van der Waals surface area contributed by atoms with Crippen LogP contribution in [-0.2, 0) is 20.7 Å². The van der Waals surface area contributed by atoms with Crippen LogP contribution in [0.15, 0.2) is 24.3 Å². The van der Waals surface area contributed by atoms with Crippen molar-refractivity contribution in [2.75, 3.05) is 19.8 Å². The summed E-state index contributed by atoms with van der Waals surface area (Å²) in [6.45, 7) is 0.784. The number of hydrogen-bond donors (Lipinski definition) is 1. The molecule has 6 nitrogen and oxygen atoms in total. The van der Waals surface area contributed by atoms with Crippen LogP contribution in [0.4, 0.5) is 0 Å². The van der Waals surface area contributed by atoms with Crippen molar-refractivity contribution >= 4 is 11.9 Å². The number of amides is 1. The summed E-state index contributed by atoms with van der Waals surface area (Å²) < 4.78 is 11.2. The van der Waals surface area contributed by atoms with E-state index in [1.807, 2.05) is 24.3 Å². The molecule has 1 saturated carbocycles. The first-order valence-electron chi connectivity index (χ1n) is 8.99. The largest absolute Gasteiger partial charge is 0.490 e. The summed E-state index contributed by atoms with van der Waals surface area (Å²) in [6.07, 6.45) is 5.83. The van der Waals surface area contributed by atoms with Gasteiger partial charge in [-0.2, -0.15) is 0 Å². The molecule has 25 heavy (non-hydrogen) atoms. The van der Waals surface area contributed by atoms with Gasteiger partial charge in [-0.3, -0.25) is 4.79 Å². The smallest absolute Gasteiger partial charge is 0.328 e. The molecule has 6 heteroatoms. The van der Waals surface area contributed by atoms with Gasteiger partial charge in [0.05, 0.1) is 19.3 Å². The van der Waals surface area contributed by atoms with Crippen LogP contribution in [0.5, 0.6) is 5.75 Å². The molecule has 1 saturated heterocycles. The summed E-state index contributed by atoms with van der Waals surface area (Å²) in [5, 5.41) is 9.22. The lowest BCUT2D eigenvalue weighted by Gasteiger charge is -2.32. The molecular weight excluding hydrogens is 322 g/mol. The van der Waals surface area contributed by atoms with Crippen molar-refractivity contribution < 1.29 is 24.2 Å². The molecule has 3 rings (SSSR count). The Bertz CT molecular complexity index is 612. The van der Waals surface area contributed by atoms with Crippen LogP contribution in [0.2, 0.25) is 0 Å². The average molecular weight is 347 g/mol. The van der Waals surface area contributed by atoms with Gasteiger partial charge in [0.15, 0.2) is 6.04 Å². The predicted octanol–water partition coefficient (Wildman–Crippen LogP) is 2.25. The SMILES string of the molecule is O=C(O)[C@@H]1COCCN1C(=O)CCc1cccc(OC2CCCC2)c1. The number of carbonyl (C=O) groups excluding carboxylic acids is 1. The Morgan fingerprint density at radius 1 is 1.28 bits per heavy atom. The highest BCUT2D eigenvalue weighted by atomic mass is 16.5. The van der Waals surface area contributed by atoms with E-state index in [1.165, 1.54) is 17.7 Å². The summed E-state index contributed by atoms with van der Waals surface area (Å²) in [5.41, 5.74) is 1.03. The number of aryl methyl sites for hydroxylation is 1. The lowest BCUT2D eigenvalue weighted by molar-refractivity contribution is -0.158. The van der Waals surface area contributed by atoms with Crippen molar-refractivity contribution in [2.24, 2.45) is 0 Å². The first kappa shape index (κ1) is 17.7. The minimum atomic E-state index is -1.01. The number of rotatable bonds is 6. The van der Waals surface area contributed by atoms with Gasteiger partial charge in [0, 0.05) is 13.0 Å². The Morgan fingerprint density at radius 3 is 2.84 bits per heavy atom. The molecule has 1 amide bonds. The van der Waals surface area contributed by atoms with Gasteiger partial charge < -0.3 is 19.5 Å². The number of ether oxygens (including phenoxy) is 2. The van der Waals surface area contributed by atoms with E-state index >= 15 is 0 Å². The molecule has 1 N–H and O–H groups in total. The third-order valence-electron chi connectivity index (χ3n) is 4.86. The molecule has 0 radical (unpaired) electrons. The molecule has 1 atom stereocenters. The molecule has 1 aliphatic heterocycles. The van der Waals surface area contributed by atoms with E-state index in [2.05, 4.69) is 0 Å². The Kier molecular flexibility index (Phi) is 5.91. The molecule has 0 bridgehead atoms. The summed E-state index contributed by atoms with van der Waals surface area (Å²) in [5.74, 6) is -0.301. The van der Waals surface area contributed by atoms with Crippen molar-refractivity contribution in [3.63, 3.8) is 0 Å². The van der Waals surface area contributed by atoms with Crippen LogP contribution in [-0.4, -0.2) is 53.8 Å². The number of nitrogens with zero attached hydrogens (tertiary/aromatic N) is 1. The minimum Gasteiger partial charge on any atom is -0.490 e. The Labute approximate surface area is 147 Å². The molecule has 1 aliphatic carbocycles. The highest BCUT2D eigenvalue weighted by molar-refractivity contribution is 5.84. The first-order chi connectivity index (χ1) is 12.1. The molecule has 0 aromatic heterocycles. The summed E-state index contributed by atoms with van der Waals surface area (Å²) in [7, 11) is 0. The van der Waals surface area contributed by atoms with Crippen LogP contribution in [0.25, 0.3) is 0 Å². The van der Waals surface area contributed by atoms with E-state index in [4.69, 9.17) is 9.47 Å². The standard InChI is InChI=1S/C19H25NO5/c21-18(20-10-11-24-13-17(20)19(22)23)9-8-14-4-3-7-16(12-14)25-15-5-1-2-6-15/h3-4,7,12,15,17H,1-2,5-6,8-11,13H2,(H,22,23)/t17-/m0/s1. The van der Waals surface area contributed by atoms with E-state index in [9.17, 15) is 14.7 Å². The van der Waals surface area contributed by atoms with Crippen LogP contribution in [0.1, 0.15) is 37.7 Å². The monoisotopic (exact) mass is 347 g/mol. The van der Waals surface area contributed by atoms with Crippen LogP contribution >= 0.6 is 0 Å². The second kappa shape index (κ2) is 8.34. The second-order valence-corrected chi connectivity index (χ2v) is 6.69. The number of carboxylic acids is 1. The maximum atomic E-state index is 12.4.